The predicted octanol–water partition coefficient (Wildman–Crippen LogP) is 2.09. The van der Waals surface area contributed by atoms with Gasteiger partial charge < -0.3 is 12.2 Å². The molecule has 0 heterocycles. The van der Waals surface area contributed by atoms with E-state index in [-0.39, 0.29) is 7.43 Å². The molecule has 1 unspecified atom stereocenters. The Labute approximate surface area is 53.0 Å². The summed E-state index contributed by atoms with van der Waals surface area (Å²) in [7, 11) is 1.72. The van der Waals surface area contributed by atoms with Crippen molar-refractivity contribution in [2.24, 2.45) is 0 Å². The SMILES string of the molecule is [CH2+]CC(CC)OC.[CH3-]. The van der Waals surface area contributed by atoms with Gasteiger partial charge in [0.05, 0.1) is 13.0 Å². The Hall–Kier alpha value is -0.170. The summed E-state index contributed by atoms with van der Waals surface area (Å²) in [6.07, 6.45) is 2.33. The molecule has 0 spiro atoms. The molecule has 0 rings (SSSR count). The van der Waals surface area contributed by atoms with Gasteiger partial charge in [-0.2, -0.15) is 0 Å². The topological polar surface area (TPSA) is 9.23 Å². The highest BCUT2D eigenvalue weighted by molar-refractivity contribution is 4.53. The van der Waals surface area contributed by atoms with E-state index in [0.29, 0.717) is 6.10 Å². The molecule has 0 saturated carbocycles. The second-order valence-electron chi connectivity index (χ2n) is 1.55. The van der Waals surface area contributed by atoms with E-state index in [2.05, 4.69) is 13.8 Å². The molecule has 0 aliphatic heterocycles. The minimum Gasteiger partial charge on any atom is -0.377 e. The first-order valence-electron chi connectivity index (χ1n) is 2.67. The molecule has 0 fully saturated rings. The minimum atomic E-state index is 0. The van der Waals surface area contributed by atoms with Crippen molar-refractivity contribution < 1.29 is 4.74 Å². The fourth-order valence-corrected chi connectivity index (χ4v) is 0.489. The molecule has 0 aliphatic carbocycles. The van der Waals surface area contributed by atoms with Crippen LogP contribution in [0.3, 0.4) is 0 Å². The lowest BCUT2D eigenvalue weighted by Crippen LogP contribution is -2.05. The Kier molecular flexibility index (Phi) is 9.17. The zero-order chi connectivity index (χ0) is 5.70. The minimum absolute atomic E-state index is 0. The van der Waals surface area contributed by atoms with Gasteiger partial charge in [0.1, 0.15) is 6.42 Å². The summed E-state index contributed by atoms with van der Waals surface area (Å²) in [5.41, 5.74) is 0. The van der Waals surface area contributed by atoms with Crippen molar-refractivity contribution in [3.05, 3.63) is 14.4 Å². The lowest BCUT2D eigenvalue weighted by Gasteiger charge is -2.03. The van der Waals surface area contributed by atoms with Gasteiger partial charge in [-0.05, 0) is 6.42 Å². The number of hydrogen-bond acceptors (Lipinski definition) is 1. The van der Waals surface area contributed by atoms with Crippen LogP contribution in [-0.4, -0.2) is 13.2 Å². The van der Waals surface area contributed by atoms with Crippen LogP contribution in [0.2, 0.25) is 0 Å². The van der Waals surface area contributed by atoms with E-state index in [9.17, 15) is 0 Å². The van der Waals surface area contributed by atoms with E-state index in [1.165, 1.54) is 0 Å². The summed E-state index contributed by atoms with van der Waals surface area (Å²) >= 11 is 0. The lowest BCUT2D eigenvalue weighted by molar-refractivity contribution is 0.101. The summed E-state index contributed by atoms with van der Waals surface area (Å²) in [6.45, 7) is 5.80. The standard InChI is InChI=1S/C6H13O.CH3/c1-4-6(5-2)7-3;/h6H,1,4-5H2,2-3H3;1H3/q+1;-1. The molecule has 0 aromatic rings. The maximum Gasteiger partial charge on any atom is 0.111 e. The Balaban J connectivity index is 0. The van der Waals surface area contributed by atoms with Crippen molar-refractivity contribution in [2.45, 2.75) is 25.9 Å². The average Bonchev–Trinajstić information content (AvgIpc) is 1.72. The molecule has 50 valence electrons. The summed E-state index contributed by atoms with van der Waals surface area (Å²) in [5, 5.41) is 0. The van der Waals surface area contributed by atoms with Crippen LogP contribution in [0, 0.1) is 14.4 Å². The van der Waals surface area contributed by atoms with Gasteiger partial charge in [0.2, 0.25) is 0 Å². The molecule has 0 bridgehead atoms. The Morgan fingerprint density at radius 2 is 2.12 bits per heavy atom. The number of methoxy groups -OCH3 is 1. The number of rotatable bonds is 3. The maximum absolute atomic E-state index is 4.99. The first-order chi connectivity index (χ1) is 3.35. The quantitative estimate of drug-likeness (QED) is 0.513. The highest BCUT2D eigenvalue weighted by atomic mass is 16.5. The van der Waals surface area contributed by atoms with Gasteiger partial charge in [-0.25, -0.2) is 0 Å². The van der Waals surface area contributed by atoms with Crippen molar-refractivity contribution in [3.63, 3.8) is 0 Å². The number of ether oxygens (including phenoxy) is 1. The third-order valence-electron chi connectivity index (χ3n) is 1.11. The van der Waals surface area contributed by atoms with Crippen molar-refractivity contribution in [1.29, 1.82) is 0 Å². The second-order valence-corrected chi connectivity index (χ2v) is 1.55. The Bertz CT molecular complexity index is 25.9. The van der Waals surface area contributed by atoms with Gasteiger partial charge >= 0.3 is 0 Å². The van der Waals surface area contributed by atoms with E-state index in [1.54, 1.807) is 7.11 Å². The highest BCUT2D eigenvalue weighted by Crippen LogP contribution is 1.98. The van der Waals surface area contributed by atoms with E-state index < -0.39 is 0 Å². The molecule has 0 saturated heterocycles. The van der Waals surface area contributed by atoms with Crippen molar-refractivity contribution in [1.82, 2.24) is 0 Å². The number of hydrogen-bond donors (Lipinski definition) is 0. The zero-order valence-corrected chi connectivity index (χ0v) is 6.11. The Morgan fingerprint density at radius 1 is 1.62 bits per heavy atom. The third kappa shape index (κ3) is 4.00. The van der Waals surface area contributed by atoms with Gasteiger partial charge in [-0.15, -0.1) is 0 Å². The summed E-state index contributed by atoms with van der Waals surface area (Å²) in [6, 6.07) is 0. The first-order valence-corrected chi connectivity index (χ1v) is 2.67. The van der Waals surface area contributed by atoms with E-state index in [4.69, 9.17) is 4.74 Å². The Morgan fingerprint density at radius 3 is 2.12 bits per heavy atom. The maximum atomic E-state index is 4.99. The highest BCUT2D eigenvalue weighted by Gasteiger charge is 2.01. The van der Waals surface area contributed by atoms with Crippen LogP contribution in [0.1, 0.15) is 19.8 Å². The molecule has 0 N–H and O–H groups in total. The molecule has 0 amide bonds. The largest absolute Gasteiger partial charge is 0.377 e. The fourth-order valence-electron chi connectivity index (χ4n) is 0.489. The lowest BCUT2D eigenvalue weighted by atomic mass is 10.2. The van der Waals surface area contributed by atoms with Gasteiger partial charge in [0, 0.05) is 7.11 Å². The van der Waals surface area contributed by atoms with Crippen LogP contribution in [-0.2, 0) is 4.74 Å². The van der Waals surface area contributed by atoms with Crippen LogP contribution in [0.25, 0.3) is 0 Å². The van der Waals surface area contributed by atoms with Gasteiger partial charge in [-0.1, -0.05) is 6.92 Å². The molecule has 1 heteroatoms. The normalized spacial score (nSPS) is 12.2. The van der Waals surface area contributed by atoms with Crippen LogP contribution >= 0.6 is 0 Å². The molecule has 0 radical (unpaired) electrons. The van der Waals surface area contributed by atoms with Crippen LogP contribution in [0.5, 0.6) is 0 Å². The van der Waals surface area contributed by atoms with Crippen LogP contribution in [0.15, 0.2) is 0 Å². The van der Waals surface area contributed by atoms with Crippen LogP contribution < -0.4 is 0 Å². The van der Waals surface area contributed by atoms with Gasteiger partial charge in [0.25, 0.3) is 0 Å². The third-order valence-corrected chi connectivity index (χ3v) is 1.11. The predicted molar refractivity (Wildman–Crippen MR) is 37.5 cm³/mol. The summed E-state index contributed by atoms with van der Waals surface area (Å²) in [4.78, 5) is 0. The molecule has 1 atom stereocenters. The monoisotopic (exact) mass is 116 g/mol. The molecular formula is C7H16O. The van der Waals surface area contributed by atoms with Gasteiger partial charge in [0.15, 0.2) is 0 Å². The van der Waals surface area contributed by atoms with E-state index in [1.807, 2.05) is 0 Å². The smallest absolute Gasteiger partial charge is 0.111 e. The molecular weight excluding hydrogens is 100 g/mol. The molecule has 0 aromatic carbocycles. The zero-order valence-electron chi connectivity index (χ0n) is 6.11. The van der Waals surface area contributed by atoms with Crippen LogP contribution in [0.4, 0.5) is 0 Å². The van der Waals surface area contributed by atoms with Crippen molar-refractivity contribution >= 4 is 0 Å². The summed E-state index contributed by atoms with van der Waals surface area (Å²) < 4.78 is 4.99. The molecule has 0 aliphatic rings. The summed E-state index contributed by atoms with van der Waals surface area (Å²) in [5.74, 6) is 0. The first kappa shape index (κ1) is 10.7. The van der Waals surface area contributed by atoms with Crippen molar-refractivity contribution in [3.8, 4) is 0 Å². The molecule has 0 aromatic heterocycles. The average molecular weight is 116 g/mol. The molecule has 8 heavy (non-hydrogen) atoms. The van der Waals surface area contributed by atoms with Crippen molar-refractivity contribution in [2.75, 3.05) is 7.11 Å². The molecule has 1 nitrogen and oxygen atoms in total. The van der Waals surface area contributed by atoms with E-state index >= 15 is 0 Å². The fraction of sp³-hybridized carbons (Fsp3) is 0.714. The van der Waals surface area contributed by atoms with Gasteiger partial charge in [-0.3, -0.25) is 0 Å². The van der Waals surface area contributed by atoms with E-state index in [0.717, 1.165) is 12.8 Å². The second kappa shape index (κ2) is 6.83.